The number of anilines is 1. The molecule has 1 aliphatic heterocycles. The molecule has 1 aromatic carbocycles. The summed E-state index contributed by atoms with van der Waals surface area (Å²) in [6, 6.07) is 6.34. The van der Waals surface area contributed by atoms with E-state index in [0.29, 0.717) is 42.2 Å². The minimum atomic E-state index is -0.373. The summed E-state index contributed by atoms with van der Waals surface area (Å²) in [7, 11) is 0. The van der Waals surface area contributed by atoms with Crippen molar-refractivity contribution >= 4 is 23.3 Å². The van der Waals surface area contributed by atoms with Crippen molar-refractivity contribution < 1.29 is 14.1 Å². The zero-order valence-electron chi connectivity index (χ0n) is 13.5. The van der Waals surface area contributed by atoms with Crippen LogP contribution in [0, 0.1) is 0 Å². The summed E-state index contributed by atoms with van der Waals surface area (Å²) in [5.41, 5.74) is 0.672. The Morgan fingerprint density at radius 2 is 2.12 bits per heavy atom. The van der Waals surface area contributed by atoms with Gasteiger partial charge in [-0.3, -0.25) is 0 Å². The second-order valence-corrected chi connectivity index (χ2v) is 6.30. The standard InChI is InChI=1S/C16H19ClN4O3/c1-10(2)15-19-14(20-24-15)13-9-23-8-7-21(13)16(22)18-12-5-3-11(17)4-6-12/h3-6,10,13H,7-9H2,1-2H3,(H,18,22)/t13-/m0/s1. The normalized spacial score (nSPS) is 18.0. The lowest BCUT2D eigenvalue weighted by atomic mass is 10.2. The van der Waals surface area contributed by atoms with E-state index in [1.165, 1.54) is 0 Å². The van der Waals surface area contributed by atoms with Gasteiger partial charge in [0.1, 0.15) is 6.04 Å². The van der Waals surface area contributed by atoms with Gasteiger partial charge in [0.05, 0.1) is 13.2 Å². The predicted octanol–water partition coefficient (Wildman–Crippen LogP) is 3.45. The molecule has 1 aromatic heterocycles. The van der Waals surface area contributed by atoms with Crippen molar-refractivity contribution in [2.24, 2.45) is 0 Å². The minimum absolute atomic E-state index is 0.132. The van der Waals surface area contributed by atoms with E-state index in [2.05, 4.69) is 15.5 Å². The largest absolute Gasteiger partial charge is 0.377 e. The van der Waals surface area contributed by atoms with Crippen LogP contribution in [0.1, 0.15) is 37.5 Å². The number of urea groups is 1. The molecule has 0 saturated carbocycles. The van der Waals surface area contributed by atoms with E-state index in [4.69, 9.17) is 20.9 Å². The van der Waals surface area contributed by atoms with Gasteiger partial charge in [-0.05, 0) is 24.3 Å². The number of halogens is 1. The van der Waals surface area contributed by atoms with Crippen LogP contribution in [-0.2, 0) is 4.74 Å². The van der Waals surface area contributed by atoms with Crippen molar-refractivity contribution in [3.63, 3.8) is 0 Å². The number of morpholine rings is 1. The van der Waals surface area contributed by atoms with Gasteiger partial charge in [0, 0.05) is 23.2 Å². The number of aromatic nitrogens is 2. The smallest absolute Gasteiger partial charge is 0.322 e. The lowest BCUT2D eigenvalue weighted by molar-refractivity contribution is 0.0110. The first kappa shape index (κ1) is 16.7. The molecule has 1 saturated heterocycles. The lowest BCUT2D eigenvalue weighted by Crippen LogP contribution is -2.45. The molecule has 24 heavy (non-hydrogen) atoms. The van der Waals surface area contributed by atoms with Crippen LogP contribution in [0.25, 0.3) is 0 Å². The lowest BCUT2D eigenvalue weighted by Gasteiger charge is -2.33. The van der Waals surface area contributed by atoms with E-state index < -0.39 is 0 Å². The Morgan fingerprint density at radius 3 is 2.79 bits per heavy atom. The van der Waals surface area contributed by atoms with Crippen LogP contribution in [0.5, 0.6) is 0 Å². The summed E-state index contributed by atoms with van der Waals surface area (Å²) in [5.74, 6) is 1.14. The molecule has 3 rings (SSSR count). The minimum Gasteiger partial charge on any atom is -0.377 e. The van der Waals surface area contributed by atoms with Crippen molar-refractivity contribution in [2.45, 2.75) is 25.8 Å². The molecule has 1 N–H and O–H groups in total. The van der Waals surface area contributed by atoms with Gasteiger partial charge in [0.15, 0.2) is 5.82 Å². The van der Waals surface area contributed by atoms with E-state index in [0.717, 1.165) is 0 Å². The second kappa shape index (κ2) is 7.19. The van der Waals surface area contributed by atoms with Gasteiger partial charge < -0.3 is 19.5 Å². The third kappa shape index (κ3) is 3.68. The number of ether oxygens (including phenoxy) is 1. The summed E-state index contributed by atoms with van der Waals surface area (Å²) in [6.45, 7) is 5.21. The summed E-state index contributed by atoms with van der Waals surface area (Å²) < 4.78 is 10.7. The zero-order chi connectivity index (χ0) is 17.1. The Labute approximate surface area is 144 Å². The third-order valence-corrected chi connectivity index (χ3v) is 3.99. The molecular formula is C16H19ClN4O3. The Kier molecular flexibility index (Phi) is 5.01. The van der Waals surface area contributed by atoms with Gasteiger partial charge >= 0.3 is 6.03 Å². The zero-order valence-corrected chi connectivity index (χ0v) is 14.3. The highest BCUT2D eigenvalue weighted by Crippen LogP contribution is 2.25. The van der Waals surface area contributed by atoms with Crippen molar-refractivity contribution in [2.75, 3.05) is 25.1 Å². The quantitative estimate of drug-likeness (QED) is 0.916. The molecule has 1 fully saturated rings. The van der Waals surface area contributed by atoms with Crippen LogP contribution in [0.15, 0.2) is 28.8 Å². The molecule has 0 radical (unpaired) electrons. The molecule has 1 atom stereocenters. The van der Waals surface area contributed by atoms with E-state index in [1.807, 2.05) is 13.8 Å². The van der Waals surface area contributed by atoms with Crippen molar-refractivity contribution in [1.29, 1.82) is 0 Å². The van der Waals surface area contributed by atoms with Crippen LogP contribution < -0.4 is 5.32 Å². The molecular weight excluding hydrogens is 332 g/mol. The third-order valence-electron chi connectivity index (χ3n) is 3.73. The number of nitrogens with one attached hydrogen (secondary N) is 1. The van der Waals surface area contributed by atoms with E-state index in [-0.39, 0.29) is 18.0 Å². The summed E-state index contributed by atoms with van der Waals surface area (Å²) in [4.78, 5) is 18.7. The van der Waals surface area contributed by atoms with Gasteiger partial charge in [-0.2, -0.15) is 4.98 Å². The molecule has 0 bridgehead atoms. The van der Waals surface area contributed by atoms with Crippen molar-refractivity contribution in [3.05, 3.63) is 41.0 Å². The predicted molar refractivity (Wildman–Crippen MR) is 89.1 cm³/mol. The number of carbonyl (C=O) groups is 1. The molecule has 2 heterocycles. The number of carbonyl (C=O) groups excluding carboxylic acids is 1. The van der Waals surface area contributed by atoms with Gasteiger partial charge in [0.25, 0.3) is 0 Å². The molecule has 0 aliphatic carbocycles. The van der Waals surface area contributed by atoms with E-state index in [1.54, 1.807) is 29.2 Å². The number of rotatable bonds is 3. The molecule has 1 aliphatic rings. The average molecular weight is 351 g/mol. The highest BCUT2D eigenvalue weighted by molar-refractivity contribution is 6.30. The Balaban J connectivity index is 1.75. The SMILES string of the molecule is CC(C)c1nc([C@@H]2COCCN2C(=O)Nc2ccc(Cl)cc2)no1. The van der Waals surface area contributed by atoms with Crippen LogP contribution in [0.3, 0.4) is 0 Å². The summed E-state index contributed by atoms with van der Waals surface area (Å²) in [5, 5.41) is 7.48. The fourth-order valence-electron chi connectivity index (χ4n) is 2.41. The van der Waals surface area contributed by atoms with Crippen molar-refractivity contribution in [3.8, 4) is 0 Å². The van der Waals surface area contributed by atoms with Gasteiger partial charge in [-0.25, -0.2) is 4.79 Å². The number of amides is 2. The Bertz CT molecular complexity index is 702. The van der Waals surface area contributed by atoms with Gasteiger partial charge in [0.2, 0.25) is 5.89 Å². The highest BCUT2D eigenvalue weighted by atomic mass is 35.5. The number of hydrogen-bond donors (Lipinski definition) is 1. The average Bonchev–Trinajstić information content (AvgIpc) is 3.07. The highest BCUT2D eigenvalue weighted by Gasteiger charge is 2.32. The fourth-order valence-corrected chi connectivity index (χ4v) is 2.53. The van der Waals surface area contributed by atoms with Crippen LogP contribution in [0.2, 0.25) is 5.02 Å². The first-order valence-corrected chi connectivity index (χ1v) is 8.17. The maximum atomic E-state index is 12.6. The topological polar surface area (TPSA) is 80.5 Å². The van der Waals surface area contributed by atoms with E-state index in [9.17, 15) is 4.79 Å². The Hall–Kier alpha value is -2.12. The Morgan fingerprint density at radius 1 is 1.38 bits per heavy atom. The molecule has 128 valence electrons. The first-order chi connectivity index (χ1) is 11.5. The summed E-state index contributed by atoms with van der Waals surface area (Å²) in [6.07, 6.45) is 0. The van der Waals surface area contributed by atoms with Gasteiger partial charge in [-0.1, -0.05) is 30.6 Å². The number of benzene rings is 1. The van der Waals surface area contributed by atoms with Crippen LogP contribution in [-0.4, -0.2) is 40.8 Å². The molecule has 0 unspecified atom stereocenters. The molecule has 2 aromatic rings. The monoisotopic (exact) mass is 350 g/mol. The second-order valence-electron chi connectivity index (χ2n) is 5.87. The first-order valence-electron chi connectivity index (χ1n) is 7.79. The molecule has 0 spiro atoms. The summed E-state index contributed by atoms with van der Waals surface area (Å²) >= 11 is 5.86. The maximum Gasteiger partial charge on any atom is 0.322 e. The number of nitrogens with zero attached hydrogens (tertiary/aromatic N) is 3. The van der Waals surface area contributed by atoms with Crippen LogP contribution >= 0.6 is 11.6 Å². The molecule has 7 nitrogen and oxygen atoms in total. The molecule has 8 heteroatoms. The van der Waals surface area contributed by atoms with E-state index >= 15 is 0 Å². The van der Waals surface area contributed by atoms with Crippen molar-refractivity contribution in [1.82, 2.24) is 15.0 Å². The van der Waals surface area contributed by atoms with Gasteiger partial charge in [-0.15, -0.1) is 0 Å². The fraction of sp³-hybridized carbons (Fsp3) is 0.438. The maximum absolute atomic E-state index is 12.6. The number of hydrogen-bond acceptors (Lipinski definition) is 5. The molecule has 2 amide bonds. The van der Waals surface area contributed by atoms with Crippen LogP contribution in [0.4, 0.5) is 10.5 Å².